The van der Waals surface area contributed by atoms with Crippen LogP contribution in [0.5, 0.6) is 0 Å². The first-order valence-corrected chi connectivity index (χ1v) is 7.03. The third kappa shape index (κ3) is 3.74. The van der Waals surface area contributed by atoms with E-state index in [4.69, 9.17) is 5.73 Å². The Morgan fingerprint density at radius 3 is 2.58 bits per heavy atom. The van der Waals surface area contributed by atoms with Crippen molar-refractivity contribution in [1.82, 2.24) is 4.90 Å². The SMILES string of the molecule is CCN(CC1CCC1)CC(N)c1ccc(F)c(F)c1. The summed E-state index contributed by atoms with van der Waals surface area (Å²) >= 11 is 0. The van der Waals surface area contributed by atoms with E-state index in [2.05, 4.69) is 11.8 Å². The Kier molecular flexibility index (Phi) is 4.88. The molecule has 0 bridgehead atoms. The largest absolute Gasteiger partial charge is 0.323 e. The van der Waals surface area contributed by atoms with Gasteiger partial charge in [0.1, 0.15) is 0 Å². The fraction of sp³-hybridized carbons (Fsp3) is 0.600. The molecular weight excluding hydrogens is 246 g/mol. The lowest BCUT2D eigenvalue weighted by Gasteiger charge is -2.33. The van der Waals surface area contributed by atoms with E-state index in [1.54, 1.807) is 6.07 Å². The standard InChI is InChI=1S/C15H22F2N2/c1-2-19(9-11-4-3-5-11)10-15(18)12-6-7-13(16)14(17)8-12/h6-8,11,15H,2-5,9-10,18H2,1H3. The molecule has 0 amide bonds. The maximum absolute atomic E-state index is 13.2. The molecular formula is C15H22F2N2. The Balaban J connectivity index is 1.93. The van der Waals surface area contributed by atoms with Crippen molar-refractivity contribution in [2.45, 2.75) is 32.2 Å². The number of nitrogens with two attached hydrogens (primary N) is 1. The Bertz CT molecular complexity index is 419. The zero-order chi connectivity index (χ0) is 13.8. The number of nitrogens with zero attached hydrogens (tertiary/aromatic N) is 1. The van der Waals surface area contributed by atoms with E-state index in [1.807, 2.05) is 0 Å². The highest BCUT2D eigenvalue weighted by atomic mass is 19.2. The smallest absolute Gasteiger partial charge is 0.159 e. The number of benzene rings is 1. The maximum Gasteiger partial charge on any atom is 0.159 e. The average molecular weight is 268 g/mol. The van der Waals surface area contributed by atoms with Gasteiger partial charge in [0.25, 0.3) is 0 Å². The van der Waals surface area contributed by atoms with E-state index >= 15 is 0 Å². The molecule has 4 heteroatoms. The lowest BCUT2D eigenvalue weighted by atomic mass is 9.85. The Labute approximate surface area is 113 Å². The molecule has 2 N–H and O–H groups in total. The normalized spacial score (nSPS) is 17.5. The summed E-state index contributed by atoms with van der Waals surface area (Å²) < 4.78 is 26.1. The van der Waals surface area contributed by atoms with Crippen LogP contribution in [-0.2, 0) is 0 Å². The van der Waals surface area contributed by atoms with Gasteiger partial charge in [-0.15, -0.1) is 0 Å². The molecule has 1 atom stereocenters. The van der Waals surface area contributed by atoms with Crippen molar-refractivity contribution in [3.8, 4) is 0 Å². The van der Waals surface area contributed by atoms with Crippen LogP contribution in [0.15, 0.2) is 18.2 Å². The second kappa shape index (κ2) is 6.44. The quantitative estimate of drug-likeness (QED) is 0.859. The van der Waals surface area contributed by atoms with E-state index in [0.29, 0.717) is 12.1 Å². The third-order valence-corrected chi connectivity index (χ3v) is 4.02. The molecule has 0 radical (unpaired) electrons. The highest BCUT2D eigenvalue weighted by molar-refractivity contribution is 5.21. The van der Waals surface area contributed by atoms with Crippen molar-refractivity contribution >= 4 is 0 Å². The van der Waals surface area contributed by atoms with Crippen molar-refractivity contribution in [3.05, 3.63) is 35.4 Å². The zero-order valence-corrected chi connectivity index (χ0v) is 11.4. The summed E-state index contributed by atoms with van der Waals surface area (Å²) in [6, 6.07) is 3.65. The highest BCUT2D eigenvalue weighted by Crippen LogP contribution is 2.27. The van der Waals surface area contributed by atoms with E-state index in [1.165, 1.54) is 25.3 Å². The van der Waals surface area contributed by atoms with Gasteiger partial charge in [-0.1, -0.05) is 19.4 Å². The fourth-order valence-electron chi connectivity index (χ4n) is 2.50. The molecule has 0 heterocycles. The minimum absolute atomic E-state index is 0.268. The van der Waals surface area contributed by atoms with Crippen LogP contribution in [0.2, 0.25) is 0 Å². The molecule has 1 aliphatic carbocycles. The molecule has 2 nitrogen and oxygen atoms in total. The molecule has 0 aliphatic heterocycles. The summed E-state index contributed by atoms with van der Waals surface area (Å²) in [5.41, 5.74) is 6.75. The van der Waals surface area contributed by atoms with Gasteiger partial charge in [-0.05, 0) is 43.0 Å². The van der Waals surface area contributed by atoms with E-state index in [0.717, 1.165) is 25.1 Å². The number of halogens is 2. The van der Waals surface area contributed by atoms with Gasteiger partial charge in [0.2, 0.25) is 0 Å². The van der Waals surface area contributed by atoms with Crippen molar-refractivity contribution < 1.29 is 8.78 Å². The first-order valence-electron chi connectivity index (χ1n) is 7.03. The number of rotatable bonds is 6. The maximum atomic E-state index is 13.2. The van der Waals surface area contributed by atoms with Crippen LogP contribution >= 0.6 is 0 Å². The van der Waals surface area contributed by atoms with Gasteiger partial charge >= 0.3 is 0 Å². The first-order chi connectivity index (χ1) is 9.10. The van der Waals surface area contributed by atoms with Crippen molar-refractivity contribution in [2.24, 2.45) is 11.7 Å². The van der Waals surface area contributed by atoms with Gasteiger partial charge in [-0.2, -0.15) is 0 Å². The van der Waals surface area contributed by atoms with Crippen LogP contribution < -0.4 is 5.73 Å². The predicted molar refractivity (Wildman–Crippen MR) is 72.7 cm³/mol. The van der Waals surface area contributed by atoms with Gasteiger partial charge in [-0.3, -0.25) is 0 Å². The molecule has 0 spiro atoms. The van der Waals surface area contributed by atoms with Gasteiger partial charge in [0, 0.05) is 19.1 Å². The Hall–Kier alpha value is -1.00. The molecule has 1 fully saturated rings. The van der Waals surface area contributed by atoms with Crippen LogP contribution in [0.4, 0.5) is 8.78 Å². The van der Waals surface area contributed by atoms with Gasteiger partial charge in [0.05, 0.1) is 0 Å². The van der Waals surface area contributed by atoms with Crippen molar-refractivity contribution in [3.63, 3.8) is 0 Å². The lowest BCUT2D eigenvalue weighted by Crippen LogP contribution is -2.37. The molecule has 106 valence electrons. The van der Waals surface area contributed by atoms with Crippen LogP contribution in [0.3, 0.4) is 0 Å². The molecule has 1 saturated carbocycles. The molecule has 2 rings (SSSR count). The van der Waals surface area contributed by atoms with Gasteiger partial charge in [-0.25, -0.2) is 8.78 Å². The summed E-state index contributed by atoms with van der Waals surface area (Å²) in [6.07, 6.45) is 3.94. The number of likely N-dealkylation sites (N-methyl/N-ethyl adjacent to an activating group) is 1. The highest BCUT2D eigenvalue weighted by Gasteiger charge is 2.21. The fourth-order valence-corrected chi connectivity index (χ4v) is 2.50. The average Bonchev–Trinajstić information content (AvgIpc) is 2.35. The molecule has 1 aliphatic rings. The van der Waals surface area contributed by atoms with Gasteiger partial charge < -0.3 is 10.6 Å². The Morgan fingerprint density at radius 2 is 2.05 bits per heavy atom. The molecule has 0 saturated heterocycles. The minimum atomic E-state index is -0.824. The molecule has 1 aromatic rings. The van der Waals surface area contributed by atoms with Gasteiger partial charge in [0.15, 0.2) is 11.6 Å². The van der Waals surface area contributed by atoms with Crippen molar-refractivity contribution in [1.29, 1.82) is 0 Å². The number of hydrogen-bond donors (Lipinski definition) is 1. The summed E-state index contributed by atoms with van der Waals surface area (Å²) in [7, 11) is 0. The monoisotopic (exact) mass is 268 g/mol. The van der Waals surface area contributed by atoms with Crippen LogP contribution in [0, 0.1) is 17.6 Å². The first kappa shape index (κ1) is 14.4. The second-order valence-electron chi connectivity index (χ2n) is 5.43. The molecule has 0 aromatic heterocycles. The number of hydrogen-bond acceptors (Lipinski definition) is 2. The lowest BCUT2D eigenvalue weighted by molar-refractivity contribution is 0.176. The predicted octanol–water partition coefficient (Wildman–Crippen LogP) is 3.09. The molecule has 1 aromatic carbocycles. The summed E-state index contributed by atoms with van der Waals surface area (Å²) in [5, 5.41) is 0. The van der Waals surface area contributed by atoms with Crippen LogP contribution in [0.25, 0.3) is 0 Å². The summed E-state index contributed by atoms with van der Waals surface area (Å²) in [6.45, 7) is 4.80. The zero-order valence-electron chi connectivity index (χ0n) is 11.4. The van der Waals surface area contributed by atoms with Crippen LogP contribution in [-0.4, -0.2) is 24.5 Å². The van der Waals surface area contributed by atoms with Crippen LogP contribution in [0.1, 0.15) is 37.8 Å². The third-order valence-electron chi connectivity index (χ3n) is 4.02. The summed E-state index contributed by atoms with van der Waals surface area (Å²) in [4.78, 5) is 2.30. The summed E-state index contributed by atoms with van der Waals surface area (Å²) in [5.74, 6) is -0.857. The van der Waals surface area contributed by atoms with Crippen molar-refractivity contribution in [2.75, 3.05) is 19.6 Å². The van der Waals surface area contributed by atoms with E-state index in [9.17, 15) is 8.78 Å². The topological polar surface area (TPSA) is 29.3 Å². The second-order valence-corrected chi connectivity index (χ2v) is 5.43. The molecule has 1 unspecified atom stereocenters. The van der Waals surface area contributed by atoms with E-state index < -0.39 is 11.6 Å². The Morgan fingerprint density at radius 1 is 1.32 bits per heavy atom. The molecule has 19 heavy (non-hydrogen) atoms. The minimum Gasteiger partial charge on any atom is -0.323 e. The van der Waals surface area contributed by atoms with E-state index in [-0.39, 0.29) is 6.04 Å².